The summed E-state index contributed by atoms with van der Waals surface area (Å²) in [7, 11) is 3.97. The zero-order valence-electron chi connectivity index (χ0n) is 6.78. The second-order valence-corrected chi connectivity index (χ2v) is 2.69. The van der Waals surface area contributed by atoms with Gasteiger partial charge in [-0.05, 0) is 26.2 Å². The van der Waals surface area contributed by atoms with E-state index in [1.165, 1.54) is 0 Å². The predicted octanol–water partition coefficient (Wildman–Crippen LogP) is 0.120. The van der Waals surface area contributed by atoms with Crippen LogP contribution in [-0.2, 0) is 6.54 Å². The van der Waals surface area contributed by atoms with Crippen LogP contribution < -0.4 is 5.73 Å². The minimum atomic E-state index is 0.465. The largest absolute Gasteiger partial charge is 0.382 e. The molecule has 4 nitrogen and oxygen atoms in total. The fourth-order valence-electron chi connectivity index (χ4n) is 0.779. The topological polar surface area (TPSA) is 55.0 Å². The lowest BCUT2D eigenvalue weighted by Gasteiger charge is -2.07. The molecule has 0 atom stereocenters. The van der Waals surface area contributed by atoms with E-state index in [2.05, 4.69) is 10.2 Å². The third kappa shape index (κ3) is 2.51. The SMILES string of the molecule is CN(C)Cc1ccc(N)nn1. The van der Waals surface area contributed by atoms with Crippen molar-refractivity contribution in [2.45, 2.75) is 6.54 Å². The number of nitrogens with two attached hydrogens (primary N) is 1. The molecule has 11 heavy (non-hydrogen) atoms. The van der Waals surface area contributed by atoms with Crippen molar-refractivity contribution in [1.82, 2.24) is 15.1 Å². The lowest BCUT2D eigenvalue weighted by atomic mass is 10.4. The van der Waals surface area contributed by atoms with Gasteiger partial charge in [0.1, 0.15) is 5.82 Å². The van der Waals surface area contributed by atoms with Crippen LogP contribution in [0.25, 0.3) is 0 Å². The fourth-order valence-corrected chi connectivity index (χ4v) is 0.779. The smallest absolute Gasteiger partial charge is 0.146 e. The average Bonchev–Trinajstić information content (AvgIpc) is 1.93. The van der Waals surface area contributed by atoms with E-state index in [4.69, 9.17) is 5.73 Å². The van der Waals surface area contributed by atoms with Crippen molar-refractivity contribution in [2.75, 3.05) is 19.8 Å². The van der Waals surface area contributed by atoms with Crippen LogP contribution in [0.5, 0.6) is 0 Å². The molecule has 0 aliphatic rings. The summed E-state index contributed by atoms with van der Waals surface area (Å²) in [4.78, 5) is 2.03. The molecule has 0 aliphatic carbocycles. The summed E-state index contributed by atoms with van der Waals surface area (Å²) >= 11 is 0. The third-order valence-electron chi connectivity index (χ3n) is 1.22. The first-order chi connectivity index (χ1) is 5.18. The van der Waals surface area contributed by atoms with Crippen LogP contribution >= 0.6 is 0 Å². The van der Waals surface area contributed by atoms with E-state index in [1.807, 2.05) is 25.1 Å². The Bertz CT molecular complexity index is 216. The maximum atomic E-state index is 5.37. The molecule has 4 heteroatoms. The van der Waals surface area contributed by atoms with Gasteiger partial charge in [-0.1, -0.05) is 0 Å². The Balaban J connectivity index is 2.66. The molecule has 60 valence electrons. The van der Waals surface area contributed by atoms with Crippen LogP contribution in [0.4, 0.5) is 5.82 Å². The van der Waals surface area contributed by atoms with Gasteiger partial charge < -0.3 is 10.6 Å². The van der Waals surface area contributed by atoms with E-state index in [0.29, 0.717) is 5.82 Å². The second kappa shape index (κ2) is 3.30. The molecule has 0 fully saturated rings. The van der Waals surface area contributed by atoms with Crippen LogP contribution in [0.1, 0.15) is 5.69 Å². The quantitative estimate of drug-likeness (QED) is 0.654. The van der Waals surface area contributed by atoms with Crippen LogP contribution in [-0.4, -0.2) is 29.2 Å². The Morgan fingerprint density at radius 3 is 2.55 bits per heavy atom. The van der Waals surface area contributed by atoms with Gasteiger partial charge in [-0.2, -0.15) is 5.10 Å². The Morgan fingerprint density at radius 1 is 1.36 bits per heavy atom. The molecule has 1 heterocycles. The normalized spacial score (nSPS) is 10.5. The van der Waals surface area contributed by atoms with Crippen molar-refractivity contribution in [1.29, 1.82) is 0 Å². The first-order valence-corrected chi connectivity index (χ1v) is 3.41. The molecule has 2 N–H and O–H groups in total. The number of nitrogens with zero attached hydrogens (tertiary/aromatic N) is 3. The Labute approximate surface area is 66.0 Å². The Morgan fingerprint density at radius 2 is 2.09 bits per heavy atom. The van der Waals surface area contributed by atoms with Gasteiger partial charge in [-0.15, -0.1) is 5.10 Å². The molecule has 1 aromatic rings. The van der Waals surface area contributed by atoms with Gasteiger partial charge in [-0.3, -0.25) is 0 Å². The van der Waals surface area contributed by atoms with Gasteiger partial charge in [0.25, 0.3) is 0 Å². The minimum absolute atomic E-state index is 0.465. The minimum Gasteiger partial charge on any atom is -0.382 e. The number of hydrogen-bond donors (Lipinski definition) is 1. The average molecular weight is 152 g/mol. The van der Waals surface area contributed by atoms with Gasteiger partial charge in [0.2, 0.25) is 0 Å². The molecule has 1 rings (SSSR count). The highest BCUT2D eigenvalue weighted by Gasteiger charge is 1.95. The van der Waals surface area contributed by atoms with Crippen molar-refractivity contribution in [3.8, 4) is 0 Å². The van der Waals surface area contributed by atoms with Crippen molar-refractivity contribution in [2.24, 2.45) is 0 Å². The number of anilines is 1. The van der Waals surface area contributed by atoms with E-state index < -0.39 is 0 Å². The molecule has 0 bridgehead atoms. The molecule has 0 saturated heterocycles. The predicted molar refractivity (Wildman–Crippen MR) is 43.8 cm³/mol. The molecular formula is C7H12N4. The van der Waals surface area contributed by atoms with Crippen molar-refractivity contribution in [3.63, 3.8) is 0 Å². The first kappa shape index (κ1) is 7.94. The van der Waals surface area contributed by atoms with Crippen LogP contribution in [0, 0.1) is 0 Å². The van der Waals surface area contributed by atoms with Crippen LogP contribution in [0.2, 0.25) is 0 Å². The Kier molecular flexibility index (Phi) is 2.38. The van der Waals surface area contributed by atoms with Gasteiger partial charge in [-0.25, -0.2) is 0 Å². The summed E-state index contributed by atoms with van der Waals surface area (Å²) in [5.74, 6) is 0.465. The zero-order valence-corrected chi connectivity index (χ0v) is 6.78. The number of nitrogen functional groups attached to an aromatic ring is 1. The third-order valence-corrected chi connectivity index (χ3v) is 1.22. The van der Waals surface area contributed by atoms with Crippen LogP contribution in [0.15, 0.2) is 12.1 Å². The van der Waals surface area contributed by atoms with Gasteiger partial charge in [0, 0.05) is 6.54 Å². The summed E-state index contributed by atoms with van der Waals surface area (Å²) in [6.07, 6.45) is 0. The van der Waals surface area contributed by atoms with Gasteiger partial charge in [0.05, 0.1) is 5.69 Å². The molecule has 0 radical (unpaired) electrons. The summed E-state index contributed by atoms with van der Waals surface area (Å²) in [6, 6.07) is 3.63. The molecule has 0 saturated carbocycles. The van der Waals surface area contributed by atoms with E-state index >= 15 is 0 Å². The second-order valence-electron chi connectivity index (χ2n) is 2.69. The molecule has 0 aromatic carbocycles. The summed E-state index contributed by atoms with van der Waals surface area (Å²) in [5.41, 5.74) is 6.30. The van der Waals surface area contributed by atoms with Gasteiger partial charge in [0.15, 0.2) is 0 Å². The standard InChI is InChI=1S/C7H12N4/c1-11(2)5-6-3-4-7(8)10-9-6/h3-4H,5H2,1-2H3,(H2,8,10). The van der Waals surface area contributed by atoms with E-state index in [0.717, 1.165) is 12.2 Å². The molecule has 0 spiro atoms. The Hall–Kier alpha value is -1.16. The number of aromatic nitrogens is 2. The number of rotatable bonds is 2. The molecular weight excluding hydrogens is 140 g/mol. The first-order valence-electron chi connectivity index (χ1n) is 3.41. The molecule has 0 amide bonds. The summed E-state index contributed by atoms with van der Waals surface area (Å²) in [5, 5.41) is 7.64. The summed E-state index contributed by atoms with van der Waals surface area (Å²) in [6.45, 7) is 0.799. The fraction of sp³-hybridized carbons (Fsp3) is 0.429. The van der Waals surface area contributed by atoms with E-state index in [-0.39, 0.29) is 0 Å². The van der Waals surface area contributed by atoms with Crippen molar-refractivity contribution in [3.05, 3.63) is 17.8 Å². The van der Waals surface area contributed by atoms with Gasteiger partial charge >= 0.3 is 0 Å². The lowest BCUT2D eigenvalue weighted by Crippen LogP contribution is -2.12. The monoisotopic (exact) mass is 152 g/mol. The highest BCUT2D eigenvalue weighted by Crippen LogP contribution is 1.98. The molecule has 0 unspecified atom stereocenters. The van der Waals surface area contributed by atoms with E-state index in [1.54, 1.807) is 6.07 Å². The van der Waals surface area contributed by atoms with Crippen molar-refractivity contribution < 1.29 is 0 Å². The summed E-state index contributed by atoms with van der Waals surface area (Å²) < 4.78 is 0. The highest BCUT2D eigenvalue weighted by atomic mass is 15.2. The van der Waals surface area contributed by atoms with Crippen LogP contribution in [0.3, 0.4) is 0 Å². The lowest BCUT2D eigenvalue weighted by molar-refractivity contribution is 0.395. The van der Waals surface area contributed by atoms with E-state index in [9.17, 15) is 0 Å². The number of hydrogen-bond acceptors (Lipinski definition) is 4. The highest BCUT2D eigenvalue weighted by molar-refractivity contribution is 5.25. The molecule has 1 aromatic heterocycles. The van der Waals surface area contributed by atoms with Crippen molar-refractivity contribution >= 4 is 5.82 Å². The maximum absolute atomic E-state index is 5.37. The maximum Gasteiger partial charge on any atom is 0.146 e. The zero-order chi connectivity index (χ0) is 8.27. The molecule has 0 aliphatic heterocycles.